The molecule has 0 amide bonds. The molecule has 7 heteroatoms. The predicted octanol–water partition coefficient (Wildman–Crippen LogP) is 1.61. The average Bonchev–Trinajstić information content (AvgIpc) is 2.80. The van der Waals surface area contributed by atoms with Gasteiger partial charge in [0, 0.05) is 20.0 Å². The number of hydrogen-bond donors (Lipinski definition) is 0. The molecule has 120 valence electrons. The molecule has 0 radical (unpaired) electrons. The maximum Gasteiger partial charge on any atom is 0.303 e. The first kappa shape index (κ1) is 18.0. The van der Waals surface area contributed by atoms with E-state index in [1.807, 2.05) is 0 Å². The van der Waals surface area contributed by atoms with Crippen LogP contribution < -0.4 is 0 Å². The van der Waals surface area contributed by atoms with Gasteiger partial charge in [0.1, 0.15) is 14.7 Å². The standard InChI is InChI=1S/C15H22N2O4Si/c1-12(18)20-11-15(21-13(2)19)10-17-9-14(8-16-17)6-7-22(3,4)5/h8-9,15H,10-11H2,1-5H3/t15-/m0/s1. The van der Waals surface area contributed by atoms with E-state index in [1.54, 1.807) is 17.1 Å². The average molecular weight is 322 g/mol. The number of hydrogen-bond acceptors (Lipinski definition) is 5. The lowest BCUT2D eigenvalue weighted by Crippen LogP contribution is -2.28. The monoisotopic (exact) mass is 322 g/mol. The number of ether oxygens (including phenoxy) is 2. The summed E-state index contributed by atoms with van der Waals surface area (Å²) in [5.41, 5.74) is 4.07. The van der Waals surface area contributed by atoms with E-state index < -0.39 is 26.1 Å². The fraction of sp³-hybridized carbons (Fsp3) is 0.533. The van der Waals surface area contributed by atoms with Gasteiger partial charge in [-0.15, -0.1) is 5.54 Å². The van der Waals surface area contributed by atoms with Gasteiger partial charge in [0.2, 0.25) is 0 Å². The largest absolute Gasteiger partial charge is 0.462 e. The molecule has 0 spiro atoms. The zero-order valence-electron chi connectivity index (χ0n) is 13.7. The predicted molar refractivity (Wildman–Crippen MR) is 84.6 cm³/mol. The highest BCUT2D eigenvalue weighted by molar-refractivity contribution is 6.83. The normalized spacial score (nSPS) is 12.0. The van der Waals surface area contributed by atoms with Crippen molar-refractivity contribution < 1.29 is 19.1 Å². The molecule has 0 bridgehead atoms. The van der Waals surface area contributed by atoms with E-state index in [0.717, 1.165) is 5.56 Å². The van der Waals surface area contributed by atoms with Crippen molar-refractivity contribution in [1.29, 1.82) is 0 Å². The first-order chi connectivity index (χ1) is 10.2. The van der Waals surface area contributed by atoms with Crippen LogP contribution in [0.15, 0.2) is 12.4 Å². The Bertz CT molecular complexity index is 593. The van der Waals surface area contributed by atoms with Crippen LogP contribution in [0.2, 0.25) is 19.6 Å². The Kier molecular flexibility index (Phi) is 6.37. The summed E-state index contributed by atoms with van der Waals surface area (Å²) < 4.78 is 11.6. The minimum absolute atomic E-state index is 0.00465. The summed E-state index contributed by atoms with van der Waals surface area (Å²) in [6.45, 7) is 9.43. The molecule has 0 aromatic carbocycles. The number of esters is 2. The highest BCUT2D eigenvalue weighted by Crippen LogP contribution is 2.04. The van der Waals surface area contributed by atoms with Crippen molar-refractivity contribution in [2.75, 3.05) is 6.61 Å². The van der Waals surface area contributed by atoms with Crippen LogP contribution in [0.3, 0.4) is 0 Å². The molecule has 1 aromatic heterocycles. The zero-order valence-corrected chi connectivity index (χ0v) is 14.7. The molecule has 1 heterocycles. The maximum absolute atomic E-state index is 11.1. The third-order valence-electron chi connectivity index (χ3n) is 2.41. The van der Waals surface area contributed by atoms with Crippen LogP contribution in [-0.4, -0.2) is 42.5 Å². The molecule has 0 fully saturated rings. The summed E-state index contributed by atoms with van der Waals surface area (Å²) in [5, 5.41) is 4.19. The van der Waals surface area contributed by atoms with Crippen LogP contribution in [0.1, 0.15) is 19.4 Å². The Balaban J connectivity index is 2.72. The van der Waals surface area contributed by atoms with E-state index in [2.05, 4.69) is 36.2 Å². The highest BCUT2D eigenvalue weighted by atomic mass is 28.3. The quantitative estimate of drug-likeness (QED) is 0.468. The Hall–Kier alpha value is -2.07. The van der Waals surface area contributed by atoms with E-state index in [4.69, 9.17) is 9.47 Å². The SMILES string of the molecule is CC(=O)OC[C@H](Cn1cc(C#C[Si](C)(C)C)cn1)OC(C)=O. The minimum Gasteiger partial charge on any atom is -0.462 e. The van der Waals surface area contributed by atoms with Crippen LogP contribution in [-0.2, 0) is 25.6 Å². The Morgan fingerprint density at radius 3 is 2.55 bits per heavy atom. The topological polar surface area (TPSA) is 70.4 Å². The van der Waals surface area contributed by atoms with Crippen molar-refractivity contribution in [2.24, 2.45) is 0 Å². The summed E-state index contributed by atoms with van der Waals surface area (Å²) >= 11 is 0. The first-order valence-corrected chi connectivity index (χ1v) is 10.5. The fourth-order valence-electron chi connectivity index (χ4n) is 1.57. The second-order valence-corrected chi connectivity index (χ2v) is 10.7. The van der Waals surface area contributed by atoms with Crippen LogP contribution >= 0.6 is 0 Å². The van der Waals surface area contributed by atoms with E-state index in [0.29, 0.717) is 6.54 Å². The van der Waals surface area contributed by atoms with Gasteiger partial charge >= 0.3 is 11.9 Å². The second kappa shape index (κ2) is 7.80. The molecule has 0 aliphatic rings. The van der Waals surface area contributed by atoms with Crippen LogP contribution in [0.25, 0.3) is 0 Å². The van der Waals surface area contributed by atoms with Crippen molar-refractivity contribution in [3.63, 3.8) is 0 Å². The number of carbonyl (C=O) groups excluding carboxylic acids is 2. The molecule has 1 atom stereocenters. The van der Waals surface area contributed by atoms with E-state index in [1.165, 1.54) is 13.8 Å². The molecule has 6 nitrogen and oxygen atoms in total. The van der Waals surface area contributed by atoms with Crippen LogP contribution in [0.4, 0.5) is 0 Å². The maximum atomic E-state index is 11.1. The molecule has 0 aliphatic heterocycles. The first-order valence-electron chi connectivity index (χ1n) is 7.02. The molecule has 0 aliphatic carbocycles. The summed E-state index contributed by atoms with van der Waals surface area (Å²) in [6.07, 6.45) is 2.89. The number of carbonyl (C=O) groups is 2. The molecule has 1 aromatic rings. The van der Waals surface area contributed by atoms with Gasteiger partial charge in [0.25, 0.3) is 0 Å². The lowest BCUT2D eigenvalue weighted by Gasteiger charge is -2.16. The number of aromatic nitrogens is 2. The van der Waals surface area contributed by atoms with Gasteiger partial charge in [-0.2, -0.15) is 5.10 Å². The zero-order chi connectivity index (χ0) is 16.8. The van der Waals surface area contributed by atoms with Gasteiger partial charge in [-0.25, -0.2) is 0 Å². The van der Waals surface area contributed by atoms with E-state index in [-0.39, 0.29) is 6.61 Å². The summed E-state index contributed by atoms with van der Waals surface area (Å²) in [6, 6.07) is 0. The van der Waals surface area contributed by atoms with Gasteiger partial charge in [-0.1, -0.05) is 25.6 Å². The Morgan fingerprint density at radius 2 is 2.00 bits per heavy atom. The Morgan fingerprint density at radius 1 is 1.32 bits per heavy atom. The number of nitrogens with zero attached hydrogens (tertiary/aromatic N) is 2. The third kappa shape index (κ3) is 7.64. The van der Waals surface area contributed by atoms with Crippen LogP contribution in [0.5, 0.6) is 0 Å². The van der Waals surface area contributed by atoms with Crippen molar-refractivity contribution in [2.45, 2.75) is 46.1 Å². The van der Waals surface area contributed by atoms with Gasteiger partial charge < -0.3 is 9.47 Å². The van der Waals surface area contributed by atoms with Crippen molar-refractivity contribution in [1.82, 2.24) is 9.78 Å². The van der Waals surface area contributed by atoms with Gasteiger partial charge in [-0.3, -0.25) is 14.3 Å². The Labute approximate surface area is 131 Å². The van der Waals surface area contributed by atoms with Crippen molar-refractivity contribution in [3.8, 4) is 11.5 Å². The fourth-order valence-corrected chi connectivity index (χ4v) is 2.08. The van der Waals surface area contributed by atoms with Crippen LogP contribution in [0, 0.1) is 11.5 Å². The summed E-state index contributed by atoms with van der Waals surface area (Å²) in [4.78, 5) is 22.0. The van der Waals surface area contributed by atoms with Gasteiger partial charge in [0.05, 0.1) is 18.3 Å². The molecular weight excluding hydrogens is 300 g/mol. The van der Waals surface area contributed by atoms with Crippen molar-refractivity contribution >= 4 is 20.0 Å². The number of rotatable bonds is 5. The molecule has 0 N–H and O–H groups in total. The lowest BCUT2D eigenvalue weighted by atomic mass is 10.3. The molecule has 0 saturated heterocycles. The van der Waals surface area contributed by atoms with Crippen molar-refractivity contribution in [3.05, 3.63) is 18.0 Å². The molecule has 1 rings (SSSR count). The lowest BCUT2D eigenvalue weighted by molar-refractivity contribution is -0.157. The molecule has 22 heavy (non-hydrogen) atoms. The molecule has 0 unspecified atom stereocenters. The molecular formula is C15H22N2O4Si. The smallest absolute Gasteiger partial charge is 0.303 e. The van der Waals surface area contributed by atoms with E-state index >= 15 is 0 Å². The minimum atomic E-state index is -1.43. The van der Waals surface area contributed by atoms with E-state index in [9.17, 15) is 9.59 Å². The van der Waals surface area contributed by atoms with Gasteiger partial charge in [-0.05, 0) is 0 Å². The molecule has 0 saturated carbocycles. The van der Waals surface area contributed by atoms with Gasteiger partial charge in [0.15, 0.2) is 6.10 Å². The summed E-state index contributed by atoms with van der Waals surface area (Å²) in [5.74, 6) is 2.26. The summed E-state index contributed by atoms with van der Waals surface area (Å²) in [7, 11) is -1.43. The highest BCUT2D eigenvalue weighted by Gasteiger charge is 2.15. The second-order valence-electron chi connectivity index (χ2n) is 5.99. The third-order valence-corrected chi connectivity index (χ3v) is 3.29.